The van der Waals surface area contributed by atoms with Crippen molar-refractivity contribution in [1.29, 1.82) is 0 Å². The Labute approximate surface area is 122 Å². The van der Waals surface area contributed by atoms with E-state index in [2.05, 4.69) is 20.8 Å². The van der Waals surface area contributed by atoms with E-state index in [1.54, 1.807) is 7.11 Å². The van der Waals surface area contributed by atoms with E-state index in [4.69, 9.17) is 9.47 Å². The van der Waals surface area contributed by atoms with E-state index in [1.807, 2.05) is 20.8 Å². The van der Waals surface area contributed by atoms with Gasteiger partial charge in [-0.05, 0) is 56.9 Å². The van der Waals surface area contributed by atoms with Crippen LogP contribution in [0.4, 0.5) is 0 Å². The van der Waals surface area contributed by atoms with Crippen molar-refractivity contribution >= 4 is 5.78 Å². The molecule has 112 valence electrons. The quantitative estimate of drug-likeness (QED) is 0.742. The maximum absolute atomic E-state index is 11.9. The van der Waals surface area contributed by atoms with Crippen molar-refractivity contribution in [2.24, 2.45) is 0 Å². The van der Waals surface area contributed by atoms with Gasteiger partial charge in [0, 0.05) is 25.5 Å². The summed E-state index contributed by atoms with van der Waals surface area (Å²) in [4.78, 5) is 11.9. The van der Waals surface area contributed by atoms with Gasteiger partial charge in [0.25, 0.3) is 0 Å². The smallest absolute Gasteiger partial charge is 0.196 e. The first-order valence-electron chi connectivity index (χ1n) is 7.13. The van der Waals surface area contributed by atoms with Crippen molar-refractivity contribution in [2.45, 2.75) is 60.7 Å². The lowest BCUT2D eigenvalue weighted by molar-refractivity contribution is -0.118. The highest BCUT2D eigenvalue weighted by Gasteiger charge is 2.19. The number of benzene rings is 1. The Morgan fingerprint density at radius 3 is 2.10 bits per heavy atom. The third-order valence-electron chi connectivity index (χ3n) is 4.14. The van der Waals surface area contributed by atoms with Crippen LogP contribution in [0.1, 0.15) is 48.1 Å². The monoisotopic (exact) mass is 278 g/mol. The molecule has 0 saturated heterocycles. The van der Waals surface area contributed by atoms with E-state index in [1.165, 1.54) is 11.1 Å². The highest BCUT2D eigenvalue weighted by molar-refractivity contribution is 5.82. The van der Waals surface area contributed by atoms with Crippen molar-refractivity contribution in [3.8, 4) is 5.75 Å². The molecule has 0 aliphatic heterocycles. The molecule has 0 radical (unpaired) electrons. The van der Waals surface area contributed by atoms with Crippen molar-refractivity contribution in [3.05, 3.63) is 27.8 Å². The Bertz CT molecular complexity index is 504. The average Bonchev–Trinajstić information content (AvgIpc) is 2.45. The van der Waals surface area contributed by atoms with Crippen molar-refractivity contribution in [1.82, 2.24) is 0 Å². The fourth-order valence-electron chi connectivity index (χ4n) is 2.26. The van der Waals surface area contributed by atoms with Crippen LogP contribution in [-0.4, -0.2) is 19.2 Å². The molecule has 0 aliphatic rings. The van der Waals surface area contributed by atoms with Crippen LogP contribution in [0.25, 0.3) is 0 Å². The van der Waals surface area contributed by atoms with Crippen LogP contribution in [-0.2, 0) is 16.0 Å². The molecule has 20 heavy (non-hydrogen) atoms. The zero-order valence-corrected chi connectivity index (χ0v) is 13.7. The number of hydrogen-bond donors (Lipinski definition) is 0. The normalized spacial score (nSPS) is 12.3. The van der Waals surface area contributed by atoms with Crippen LogP contribution in [0.3, 0.4) is 0 Å². The Balaban J connectivity index is 3.39. The van der Waals surface area contributed by atoms with Crippen LogP contribution in [0.2, 0.25) is 0 Å². The summed E-state index contributed by atoms with van der Waals surface area (Å²) in [6.07, 6.45) is 0.645. The van der Waals surface area contributed by atoms with Crippen LogP contribution in [0.5, 0.6) is 5.75 Å². The maximum atomic E-state index is 11.9. The summed E-state index contributed by atoms with van der Waals surface area (Å²) in [6, 6.07) is 0. The van der Waals surface area contributed by atoms with E-state index in [0.29, 0.717) is 12.8 Å². The number of carbonyl (C=O) groups is 1. The number of ketones is 1. The summed E-state index contributed by atoms with van der Waals surface area (Å²) in [5.41, 5.74) is 5.69. The molecule has 0 amide bonds. The molecule has 0 spiro atoms. The summed E-state index contributed by atoms with van der Waals surface area (Å²) in [5, 5.41) is 0. The van der Waals surface area contributed by atoms with E-state index in [-0.39, 0.29) is 12.1 Å². The number of ether oxygens (including phenoxy) is 2. The summed E-state index contributed by atoms with van der Waals surface area (Å²) >= 11 is 0. The van der Waals surface area contributed by atoms with Gasteiger partial charge < -0.3 is 9.47 Å². The van der Waals surface area contributed by atoms with Crippen molar-refractivity contribution in [2.75, 3.05) is 7.11 Å². The summed E-state index contributed by atoms with van der Waals surface area (Å²) in [6.45, 7) is 12.0. The molecule has 1 unspecified atom stereocenters. The minimum Gasteiger partial charge on any atom is -0.465 e. The minimum absolute atomic E-state index is 0.227. The Morgan fingerprint density at radius 1 is 1.05 bits per heavy atom. The standard InChI is InChI=1S/C17H26O3/c1-8-15(18)9-16-12(4)10(2)11(3)13(5)17(16)20-14(6)19-7/h14H,8-9H2,1-7H3. The third-order valence-corrected chi connectivity index (χ3v) is 4.14. The van der Waals surface area contributed by atoms with E-state index < -0.39 is 0 Å². The molecule has 3 heteroatoms. The molecule has 1 rings (SSSR count). The molecule has 1 aromatic carbocycles. The number of Topliss-reactive ketones (excluding diaryl/α,β-unsaturated/α-hetero) is 1. The fraction of sp³-hybridized carbons (Fsp3) is 0.588. The predicted molar refractivity (Wildman–Crippen MR) is 81.5 cm³/mol. The van der Waals surface area contributed by atoms with Gasteiger partial charge in [-0.2, -0.15) is 0 Å². The molecule has 0 aliphatic carbocycles. The number of methoxy groups -OCH3 is 1. The minimum atomic E-state index is -0.328. The molecule has 0 heterocycles. The van der Waals surface area contributed by atoms with Crippen LogP contribution < -0.4 is 4.74 Å². The zero-order valence-electron chi connectivity index (χ0n) is 13.7. The molecule has 0 fully saturated rings. The summed E-state index contributed by atoms with van der Waals surface area (Å²) in [5.74, 6) is 1.03. The van der Waals surface area contributed by atoms with Crippen molar-refractivity contribution in [3.63, 3.8) is 0 Å². The van der Waals surface area contributed by atoms with Crippen molar-refractivity contribution < 1.29 is 14.3 Å². The van der Waals surface area contributed by atoms with Crippen LogP contribution in [0.15, 0.2) is 0 Å². The van der Waals surface area contributed by atoms with Gasteiger partial charge >= 0.3 is 0 Å². The fourth-order valence-corrected chi connectivity index (χ4v) is 2.26. The largest absolute Gasteiger partial charge is 0.465 e. The summed E-state index contributed by atoms with van der Waals surface area (Å²) in [7, 11) is 1.62. The van der Waals surface area contributed by atoms with E-state index >= 15 is 0 Å². The molecule has 0 aromatic heterocycles. The first-order valence-corrected chi connectivity index (χ1v) is 7.13. The molecule has 0 N–H and O–H groups in total. The van der Waals surface area contributed by atoms with Gasteiger partial charge in [-0.3, -0.25) is 4.79 Å². The highest BCUT2D eigenvalue weighted by Crippen LogP contribution is 2.34. The highest BCUT2D eigenvalue weighted by atomic mass is 16.7. The predicted octanol–water partition coefficient (Wildman–Crippen LogP) is 3.81. The maximum Gasteiger partial charge on any atom is 0.196 e. The third kappa shape index (κ3) is 3.40. The average molecular weight is 278 g/mol. The van der Waals surface area contributed by atoms with Gasteiger partial charge in [0.2, 0.25) is 0 Å². The summed E-state index contributed by atoms with van der Waals surface area (Å²) < 4.78 is 11.1. The molecule has 0 saturated carbocycles. The lowest BCUT2D eigenvalue weighted by atomic mass is 9.90. The Kier molecular flexibility index (Phi) is 5.75. The molecule has 0 bridgehead atoms. The molecule has 1 aromatic rings. The SMILES string of the molecule is CCC(=O)Cc1c(C)c(C)c(C)c(C)c1OC(C)OC. The number of carbonyl (C=O) groups excluding carboxylic acids is 1. The van der Waals surface area contributed by atoms with Crippen LogP contribution in [0, 0.1) is 27.7 Å². The van der Waals surface area contributed by atoms with Gasteiger partial charge in [-0.1, -0.05) is 6.92 Å². The second-order valence-electron chi connectivity index (χ2n) is 5.30. The topological polar surface area (TPSA) is 35.5 Å². The first kappa shape index (κ1) is 16.7. The second kappa shape index (κ2) is 6.89. The van der Waals surface area contributed by atoms with Gasteiger partial charge in [-0.25, -0.2) is 0 Å². The Hall–Kier alpha value is -1.35. The van der Waals surface area contributed by atoms with Gasteiger partial charge in [-0.15, -0.1) is 0 Å². The van der Waals surface area contributed by atoms with Gasteiger partial charge in [0.05, 0.1) is 0 Å². The van der Waals surface area contributed by atoms with Gasteiger partial charge in [0.1, 0.15) is 11.5 Å². The second-order valence-corrected chi connectivity index (χ2v) is 5.30. The molecular weight excluding hydrogens is 252 g/mol. The molecule has 3 nitrogen and oxygen atoms in total. The first-order chi connectivity index (χ1) is 9.33. The molecule has 1 atom stereocenters. The number of rotatable bonds is 6. The van der Waals surface area contributed by atoms with E-state index in [9.17, 15) is 4.79 Å². The van der Waals surface area contributed by atoms with E-state index in [0.717, 1.165) is 22.4 Å². The van der Waals surface area contributed by atoms with Crippen LogP contribution >= 0.6 is 0 Å². The lowest BCUT2D eigenvalue weighted by Crippen LogP contribution is -2.18. The number of hydrogen-bond acceptors (Lipinski definition) is 3. The van der Waals surface area contributed by atoms with Gasteiger partial charge in [0.15, 0.2) is 6.29 Å². The Morgan fingerprint density at radius 2 is 1.60 bits per heavy atom. The lowest BCUT2D eigenvalue weighted by Gasteiger charge is -2.23. The zero-order chi connectivity index (χ0) is 15.4. The molecular formula is C17H26O3.